The molecule has 2 N–H and O–H groups in total. The van der Waals surface area contributed by atoms with Crippen LogP contribution in [-0.4, -0.2) is 21.9 Å². The zero-order chi connectivity index (χ0) is 14.5. The zero-order valence-electron chi connectivity index (χ0n) is 12.0. The van der Waals surface area contributed by atoms with Crippen molar-refractivity contribution in [1.82, 2.24) is 10.2 Å². The summed E-state index contributed by atoms with van der Waals surface area (Å²) in [5.74, 6) is 1.30. The second kappa shape index (κ2) is 6.61. The third-order valence-corrected chi connectivity index (χ3v) is 3.98. The maximum Gasteiger partial charge on any atom is 0.234 e. The molecule has 0 bridgehead atoms. The molecule has 0 aliphatic carbocycles. The summed E-state index contributed by atoms with van der Waals surface area (Å²) in [5.41, 5.74) is 5.00. The number of carbonyl (C=O) groups excluding carboxylic acids is 1. The molecule has 1 amide bonds. The second-order valence-corrected chi connectivity index (χ2v) is 5.82. The van der Waals surface area contributed by atoms with E-state index >= 15 is 0 Å². The van der Waals surface area contributed by atoms with Crippen molar-refractivity contribution in [3.8, 4) is 0 Å². The summed E-state index contributed by atoms with van der Waals surface area (Å²) in [5, 5.41) is 9.82. The fourth-order valence-corrected chi connectivity index (χ4v) is 2.75. The molecule has 0 atom stereocenters. The molecule has 0 aliphatic rings. The van der Waals surface area contributed by atoms with E-state index in [4.69, 9.17) is 0 Å². The monoisotopic (exact) mass is 289 g/mol. The van der Waals surface area contributed by atoms with E-state index < -0.39 is 0 Å². The van der Waals surface area contributed by atoms with Crippen LogP contribution in [0.15, 0.2) is 24.3 Å². The van der Waals surface area contributed by atoms with Gasteiger partial charge in [-0.25, -0.2) is 0 Å². The van der Waals surface area contributed by atoms with Gasteiger partial charge < -0.3 is 5.32 Å². The molecule has 0 unspecified atom stereocenters. The number of aromatic nitrogens is 2. The number of thioether (sulfide) groups is 1. The van der Waals surface area contributed by atoms with Gasteiger partial charge in [0, 0.05) is 5.75 Å². The van der Waals surface area contributed by atoms with E-state index in [9.17, 15) is 4.79 Å². The van der Waals surface area contributed by atoms with E-state index in [1.807, 2.05) is 19.9 Å². The van der Waals surface area contributed by atoms with Crippen molar-refractivity contribution >= 4 is 23.4 Å². The Balaban J connectivity index is 1.81. The topological polar surface area (TPSA) is 57.8 Å². The molecule has 2 rings (SSSR count). The van der Waals surface area contributed by atoms with Gasteiger partial charge >= 0.3 is 0 Å². The van der Waals surface area contributed by atoms with Crippen LogP contribution in [0, 0.1) is 20.8 Å². The molecule has 1 aromatic carbocycles. The molecule has 0 radical (unpaired) electrons. The molecule has 20 heavy (non-hydrogen) atoms. The summed E-state index contributed by atoms with van der Waals surface area (Å²) in [7, 11) is 0. The molecule has 0 fully saturated rings. The summed E-state index contributed by atoms with van der Waals surface area (Å²) < 4.78 is 0. The van der Waals surface area contributed by atoms with Crippen LogP contribution in [0.1, 0.15) is 22.5 Å². The molecule has 0 aliphatic heterocycles. The molecule has 1 aromatic heterocycles. The van der Waals surface area contributed by atoms with Gasteiger partial charge in [0.2, 0.25) is 5.91 Å². The van der Waals surface area contributed by atoms with Crippen molar-refractivity contribution in [2.45, 2.75) is 26.5 Å². The summed E-state index contributed by atoms with van der Waals surface area (Å²) in [4.78, 5) is 11.9. The Bertz CT molecular complexity index is 587. The highest BCUT2D eigenvalue weighted by molar-refractivity contribution is 7.99. The van der Waals surface area contributed by atoms with Crippen LogP contribution in [0.25, 0.3) is 0 Å². The Morgan fingerprint density at radius 1 is 1.35 bits per heavy atom. The van der Waals surface area contributed by atoms with Crippen LogP contribution in [0.3, 0.4) is 0 Å². The lowest BCUT2D eigenvalue weighted by Gasteiger charge is -2.06. The Kier molecular flexibility index (Phi) is 4.84. The van der Waals surface area contributed by atoms with Gasteiger partial charge in [0.1, 0.15) is 0 Å². The molecule has 2 aromatic rings. The first-order valence-electron chi connectivity index (χ1n) is 6.51. The minimum atomic E-state index is 0.00949. The number of rotatable bonds is 5. The predicted molar refractivity (Wildman–Crippen MR) is 84.0 cm³/mol. The highest BCUT2D eigenvalue weighted by atomic mass is 32.2. The molecule has 5 heteroatoms. The number of aromatic amines is 1. The highest BCUT2D eigenvalue weighted by Crippen LogP contribution is 2.18. The largest absolute Gasteiger partial charge is 0.322 e. The maximum absolute atomic E-state index is 11.9. The molecule has 0 saturated heterocycles. The van der Waals surface area contributed by atoms with Crippen LogP contribution < -0.4 is 5.32 Å². The predicted octanol–water partition coefficient (Wildman–Crippen LogP) is 3.21. The number of hydrogen-bond acceptors (Lipinski definition) is 3. The van der Waals surface area contributed by atoms with Gasteiger partial charge in [-0.2, -0.15) is 5.10 Å². The number of benzene rings is 1. The van der Waals surface area contributed by atoms with Gasteiger partial charge in [0.05, 0.1) is 22.8 Å². The van der Waals surface area contributed by atoms with Crippen molar-refractivity contribution in [2.24, 2.45) is 0 Å². The fourth-order valence-electron chi connectivity index (χ4n) is 1.97. The van der Waals surface area contributed by atoms with Crippen molar-refractivity contribution in [2.75, 3.05) is 11.1 Å². The molecule has 106 valence electrons. The SMILES string of the molecule is Cc1cccc(CSCC(=O)Nc2c(C)n[nH]c2C)c1. The zero-order valence-corrected chi connectivity index (χ0v) is 12.8. The van der Waals surface area contributed by atoms with Crippen molar-refractivity contribution in [3.63, 3.8) is 0 Å². The number of amides is 1. The van der Waals surface area contributed by atoms with Crippen LogP contribution in [0.4, 0.5) is 5.69 Å². The first-order chi connectivity index (χ1) is 9.56. The van der Waals surface area contributed by atoms with E-state index in [1.165, 1.54) is 11.1 Å². The van der Waals surface area contributed by atoms with E-state index in [2.05, 4.69) is 40.6 Å². The minimum Gasteiger partial charge on any atom is -0.322 e. The van der Waals surface area contributed by atoms with E-state index in [0.717, 1.165) is 22.8 Å². The summed E-state index contributed by atoms with van der Waals surface area (Å²) in [6.07, 6.45) is 0. The van der Waals surface area contributed by atoms with E-state index in [1.54, 1.807) is 11.8 Å². The summed E-state index contributed by atoms with van der Waals surface area (Å²) in [6, 6.07) is 8.35. The summed E-state index contributed by atoms with van der Waals surface area (Å²) in [6.45, 7) is 5.85. The Morgan fingerprint density at radius 2 is 2.15 bits per heavy atom. The van der Waals surface area contributed by atoms with Gasteiger partial charge in [-0.1, -0.05) is 29.8 Å². The third-order valence-electron chi connectivity index (χ3n) is 2.98. The van der Waals surface area contributed by atoms with Crippen molar-refractivity contribution in [1.29, 1.82) is 0 Å². The molecule has 1 heterocycles. The van der Waals surface area contributed by atoms with Crippen LogP contribution in [-0.2, 0) is 10.5 Å². The Morgan fingerprint density at radius 3 is 2.80 bits per heavy atom. The molecular formula is C15H19N3OS. The smallest absolute Gasteiger partial charge is 0.234 e. The average molecular weight is 289 g/mol. The number of H-pyrrole nitrogens is 1. The standard InChI is InChI=1S/C15H19N3OS/c1-10-5-4-6-13(7-10)8-20-9-14(19)16-15-11(2)17-18-12(15)3/h4-7H,8-9H2,1-3H3,(H,16,19)(H,17,18). The lowest BCUT2D eigenvalue weighted by atomic mass is 10.2. The average Bonchev–Trinajstić information content (AvgIpc) is 2.71. The Labute approximate surface area is 123 Å². The van der Waals surface area contributed by atoms with Gasteiger partial charge in [-0.3, -0.25) is 9.89 Å². The van der Waals surface area contributed by atoms with Crippen LogP contribution in [0.2, 0.25) is 0 Å². The maximum atomic E-state index is 11.9. The third kappa shape index (κ3) is 3.87. The van der Waals surface area contributed by atoms with Gasteiger partial charge in [-0.15, -0.1) is 11.8 Å². The highest BCUT2D eigenvalue weighted by Gasteiger charge is 2.10. The van der Waals surface area contributed by atoms with Gasteiger partial charge in [0.25, 0.3) is 0 Å². The van der Waals surface area contributed by atoms with Gasteiger partial charge in [0.15, 0.2) is 0 Å². The molecular weight excluding hydrogens is 270 g/mol. The molecule has 4 nitrogen and oxygen atoms in total. The van der Waals surface area contributed by atoms with E-state index in [-0.39, 0.29) is 5.91 Å². The summed E-state index contributed by atoms with van der Waals surface area (Å²) >= 11 is 1.61. The molecule has 0 saturated carbocycles. The minimum absolute atomic E-state index is 0.00949. The molecule has 0 spiro atoms. The lowest BCUT2D eigenvalue weighted by molar-refractivity contribution is -0.113. The van der Waals surface area contributed by atoms with Crippen LogP contribution >= 0.6 is 11.8 Å². The second-order valence-electron chi connectivity index (χ2n) is 4.84. The number of carbonyl (C=O) groups is 1. The first-order valence-corrected chi connectivity index (χ1v) is 7.66. The number of hydrogen-bond donors (Lipinski definition) is 2. The Hall–Kier alpha value is -1.75. The quantitative estimate of drug-likeness (QED) is 0.888. The normalized spacial score (nSPS) is 10.6. The number of nitrogens with one attached hydrogen (secondary N) is 2. The van der Waals surface area contributed by atoms with Crippen LogP contribution in [0.5, 0.6) is 0 Å². The fraction of sp³-hybridized carbons (Fsp3) is 0.333. The van der Waals surface area contributed by atoms with E-state index in [0.29, 0.717) is 5.75 Å². The number of nitrogens with zero attached hydrogens (tertiary/aromatic N) is 1. The van der Waals surface area contributed by atoms with Crippen molar-refractivity contribution < 1.29 is 4.79 Å². The van der Waals surface area contributed by atoms with Crippen molar-refractivity contribution in [3.05, 3.63) is 46.8 Å². The lowest BCUT2D eigenvalue weighted by Crippen LogP contribution is -2.15. The number of aryl methyl sites for hydroxylation is 3. The van der Waals surface area contributed by atoms with Gasteiger partial charge in [-0.05, 0) is 26.3 Å². The number of anilines is 1. The first kappa shape index (κ1) is 14.7.